The number of alkyl halides is 3. The topological polar surface area (TPSA) is 20.3 Å². The number of amides is 1. The van der Waals surface area contributed by atoms with E-state index in [0.717, 1.165) is 18.2 Å². The first-order chi connectivity index (χ1) is 8.24. The van der Waals surface area contributed by atoms with Crippen LogP contribution in [0.1, 0.15) is 17.3 Å². The predicted octanol–water partition coefficient (Wildman–Crippen LogP) is 3.14. The van der Waals surface area contributed by atoms with Crippen molar-refractivity contribution in [3.63, 3.8) is 0 Å². The molecule has 0 fully saturated rings. The Morgan fingerprint density at radius 1 is 1.39 bits per heavy atom. The Bertz CT molecular complexity index is 447. The molecule has 0 atom stereocenters. The molecule has 0 aromatic heterocycles. The van der Waals surface area contributed by atoms with Crippen molar-refractivity contribution < 1.29 is 22.4 Å². The molecule has 18 heavy (non-hydrogen) atoms. The van der Waals surface area contributed by atoms with Gasteiger partial charge < -0.3 is 4.90 Å². The van der Waals surface area contributed by atoms with Crippen molar-refractivity contribution in [2.75, 3.05) is 13.1 Å². The van der Waals surface area contributed by atoms with Gasteiger partial charge in [-0.3, -0.25) is 4.79 Å². The average Bonchev–Trinajstić information content (AvgIpc) is 2.27. The first kappa shape index (κ1) is 14.8. The number of nitrogens with zero attached hydrogens (tertiary/aromatic N) is 1. The first-order valence-electron chi connectivity index (χ1n) is 5.09. The average molecular weight is 281 g/mol. The zero-order chi connectivity index (χ0) is 13.9. The Hall–Kier alpha value is -1.24. The number of carbonyl (C=O) groups is 1. The van der Waals surface area contributed by atoms with E-state index in [0.29, 0.717) is 4.90 Å². The van der Waals surface area contributed by atoms with Gasteiger partial charge in [-0.15, -0.1) is 12.6 Å². The fraction of sp³-hybridized carbons (Fsp3) is 0.364. The van der Waals surface area contributed by atoms with E-state index in [9.17, 15) is 22.4 Å². The zero-order valence-electron chi connectivity index (χ0n) is 9.46. The Labute approximate surface area is 107 Å². The maximum Gasteiger partial charge on any atom is 0.406 e. The highest BCUT2D eigenvalue weighted by molar-refractivity contribution is 7.80. The minimum Gasteiger partial charge on any atom is -0.330 e. The standard InChI is InChI=1S/C11H11F4NOS/c1-2-16(6-11(13,14)15)10(17)7-3-4-8(12)9(18)5-7/h3-5,18H,2,6H2,1H3. The van der Waals surface area contributed by atoms with E-state index in [1.54, 1.807) is 0 Å². The van der Waals surface area contributed by atoms with Crippen LogP contribution in [0, 0.1) is 5.82 Å². The Morgan fingerprint density at radius 3 is 2.44 bits per heavy atom. The van der Waals surface area contributed by atoms with E-state index in [-0.39, 0.29) is 17.0 Å². The number of hydrogen-bond acceptors (Lipinski definition) is 2. The molecule has 0 unspecified atom stereocenters. The molecule has 1 rings (SSSR count). The second-order valence-corrected chi connectivity index (χ2v) is 4.08. The zero-order valence-corrected chi connectivity index (χ0v) is 10.4. The summed E-state index contributed by atoms with van der Waals surface area (Å²) in [4.78, 5) is 12.3. The molecular formula is C11H11F4NOS. The van der Waals surface area contributed by atoms with E-state index in [2.05, 4.69) is 12.6 Å². The van der Waals surface area contributed by atoms with Crippen LogP contribution in [-0.2, 0) is 0 Å². The normalized spacial score (nSPS) is 11.4. The fourth-order valence-corrected chi connectivity index (χ4v) is 1.59. The van der Waals surface area contributed by atoms with Crippen LogP contribution < -0.4 is 0 Å². The second-order valence-electron chi connectivity index (χ2n) is 3.60. The number of hydrogen-bond donors (Lipinski definition) is 1. The van der Waals surface area contributed by atoms with Crippen LogP contribution in [0.5, 0.6) is 0 Å². The van der Waals surface area contributed by atoms with Gasteiger partial charge in [0.1, 0.15) is 12.4 Å². The van der Waals surface area contributed by atoms with Crippen molar-refractivity contribution in [2.24, 2.45) is 0 Å². The van der Waals surface area contributed by atoms with E-state index in [1.807, 2.05) is 0 Å². The molecule has 7 heteroatoms. The molecule has 1 aromatic rings. The summed E-state index contributed by atoms with van der Waals surface area (Å²) >= 11 is 3.78. The van der Waals surface area contributed by atoms with Crippen molar-refractivity contribution in [1.29, 1.82) is 0 Å². The number of rotatable bonds is 3. The Balaban J connectivity index is 2.93. The summed E-state index contributed by atoms with van der Waals surface area (Å²) in [7, 11) is 0. The minimum atomic E-state index is -4.46. The molecular weight excluding hydrogens is 270 g/mol. The number of halogens is 4. The maximum atomic E-state index is 12.9. The molecule has 0 saturated heterocycles. The largest absolute Gasteiger partial charge is 0.406 e. The summed E-state index contributed by atoms with van der Waals surface area (Å²) in [6.45, 7) is 0.0218. The third-order valence-corrected chi connectivity index (χ3v) is 2.57. The summed E-state index contributed by atoms with van der Waals surface area (Å²) in [6.07, 6.45) is -4.46. The molecule has 0 aliphatic rings. The van der Waals surface area contributed by atoms with E-state index >= 15 is 0 Å². The van der Waals surface area contributed by atoms with Gasteiger partial charge in [-0.25, -0.2) is 4.39 Å². The number of carbonyl (C=O) groups excluding carboxylic acids is 1. The molecule has 100 valence electrons. The van der Waals surface area contributed by atoms with Gasteiger partial charge in [-0.2, -0.15) is 13.2 Å². The molecule has 0 heterocycles. The van der Waals surface area contributed by atoms with Gasteiger partial charge in [0, 0.05) is 17.0 Å². The smallest absolute Gasteiger partial charge is 0.330 e. The van der Waals surface area contributed by atoms with Crippen LogP contribution in [0.25, 0.3) is 0 Å². The molecule has 0 radical (unpaired) electrons. The van der Waals surface area contributed by atoms with Crippen LogP contribution in [-0.4, -0.2) is 30.1 Å². The summed E-state index contributed by atoms with van der Waals surface area (Å²) in [5.41, 5.74) is -0.0208. The lowest BCUT2D eigenvalue weighted by Crippen LogP contribution is -2.38. The second kappa shape index (κ2) is 5.60. The quantitative estimate of drug-likeness (QED) is 0.666. The Kier molecular flexibility index (Phi) is 4.61. The van der Waals surface area contributed by atoms with E-state index in [4.69, 9.17) is 0 Å². The van der Waals surface area contributed by atoms with Crippen LogP contribution >= 0.6 is 12.6 Å². The summed E-state index contributed by atoms with van der Waals surface area (Å²) in [5, 5.41) is 0. The first-order valence-corrected chi connectivity index (χ1v) is 5.54. The molecule has 0 N–H and O–H groups in total. The van der Waals surface area contributed by atoms with Crippen LogP contribution in [0.4, 0.5) is 17.6 Å². The highest BCUT2D eigenvalue weighted by atomic mass is 32.1. The molecule has 0 aliphatic carbocycles. The fourth-order valence-electron chi connectivity index (χ4n) is 1.37. The predicted molar refractivity (Wildman–Crippen MR) is 61.3 cm³/mol. The molecule has 2 nitrogen and oxygen atoms in total. The summed E-state index contributed by atoms with van der Waals surface area (Å²) < 4.78 is 49.7. The highest BCUT2D eigenvalue weighted by Crippen LogP contribution is 2.20. The van der Waals surface area contributed by atoms with E-state index in [1.165, 1.54) is 6.92 Å². The van der Waals surface area contributed by atoms with Gasteiger partial charge in [-0.1, -0.05) is 0 Å². The Morgan fingerprint density at radius 2 is 2.00 bits per heavy atom. The van der Waals surface area contributed by atoms with Gasteiger partial charge in [0.15, 0.2) is 0 Å². The van der Waals surface area contributed by atoms with Crippen LogP contribution in [0.2, 0.25) is 0 Å². The van der Waals surface area contributed by atoms with Gasteiger partial charge in [0.05, 0.1) is 0 Å². The molecule has 1 aromatic carbocycles. The lowest BCUT2D eigenvalue weighted by atomic mass is 10.2. The lowest BCUT2D eigenvalue weighted by molar-refractivity contribution is -0.140. The molecule has 0 bridgehead atoms. The molecule has 0 spiro atoms. The van der Waals surface area contributed by atoms with Crippen LogP contribution in [0.3, 0.4) is 0 Å². The van der Waals surface area contributed by atoms with E-state index < -0.39 is 24.4 Å². The van der Waals surface area contributed by atoms with Crippen LogP contribution in [0.15, 0.2) is 23.1 Å². The number of benzene rings is 1. The van der Waals surface area contributed by atoms with Crippen molar-refractivity contribution in [1.82, 2.24) is 4.90 Å². The number of thiol groups is 1. The van der Waals surface area contributed by atoms with Crippen molar-refractivity contribution >= 4 is 18.5 Å². The van der Waals surface area contributed by atoms with Crippen molar-refractivity contribution in [3.8, 4) is 0 Å². The molecule has 0 saturated carbocycles. The van der Waals surface area contributed by atoms with Gasteiger partial charge in [0.25, 0.3) is 5.91 Å². The summed E-state index contributed by atoms with van der Waals surface area (Å²) in [5.74, 6) is -1.43. The van der Waals surface area contributed by atoms with Crippen molar-refractivity contribution in [3.05, 3.63) is 29.6 Å². The highest BCUT2D eigenvalue weighted by Gasteiger charge is 2.32. The summed E-state index contributed by atoms with van der Waals surface area (Å²) in [6, 6.07) is 3.24. The third-order valence-electron chi connectivity index (χ3n) is 2.23. The maximum absolute atomic E-state index is 12.9. The van der Waals surface area contributed by atoms with Gasteiger partial charge in [0.2, 0.25) is 0 Å². The monoisotopic (exact) mass is 281 g/mol. The SMILES string of the molecule is CCN(CC(F)(F)F)C(=O)c1ccc(F)c(S)c1. The minimum absolute atomic E-state index is 0.0208. The lowest BCUT2D eigenvalue weighted by Gasteiger charge is -2.22. The van der Waals surface area contributed by atoms with Gasteiger partial charge in [-0.05, 0) is 25.1 Å². The molecule has 0 aliphatic heterocycles. The molecule has 1 amide bonds. The van der Waals surface area contributed by atoms with Crippen molar-refractivity contribution in [2.45, 2.75) is 18.0 Å². The third kappa shape index (κ3) is 3.90. The van der Waals surface area contributed by atoms with Gasteiger partial charge >= 0.3 is 6.18 Å².